The van der Waals surface area contributed by atoms with Gasteiger partial charge >= 0.3 is 0 Å². The van der Waals surface area contributed by atoms with Crippen LogP contribution in [-0.2, 0) is 13.0 Å². The van der Waals surface area contributed by atoms with E-state index in [0.29, 0.717) is 0 Å². The van der Waals surface area contributed by atoms with E-state index in [1.165, 1.54) is 36.8 Å². The SMILES string of the molecule is CCc1ccc(CN(CCCN)C2CCCC2)cc1. The lowest BCUT2D eigenvalue weighted by atomic mass is 10.1. The largest absolute Gasteiger partial charge is 0.330 e. The van der Waals surface area contributed by atoms with Crippen LogP contribution in [-0.4, -0.2) is 24.0 Å². The molecule has 0 radical (unpaired) electrons. The zero-order valence-electron chi connectivity index (χ0n) is 12.3. The fourth-order valence-corrected chi connectivity index (χ4v) is 3.07. The van der Waals surface area contributed by atoms with Crippen molar-refractivity contribution in [3.63, 3.8) is 0 Å². The summed E-state index contributed by atoms with van der Waals surface area (Å²) in [4.78, 5) is 2.65. The number of benzene rings is 1. The van der Waals surface area contributed by atoms with Gasteiger partial charge in [0.15, 0.2) is 0 Å². The summed E-state index contributed by atoms with van der Waals surface area (Å²) in [5.74, 6) is 0. The van der Waals surface area contributed by atoms with Crippen molar-refractivity contribution in [3.8, 4) is 0 Å². The lowest BCUT2D eigenvalue weighted by Crippen LogP contribution is -2.34. The second-order valence-corrected chi connectivity index (χ2v) is 5.72. The fourth-order valence-electron chi connectivity index (χ4n) is 3.07. The number of aryl methyl sites for hydroxylation is 1. The van der Waals surface area contributed by atoms with Gasteiger partial charge in [0.25, 0.3) is 0 Å². The molecule has 1 aromatic rings. The van der Waals surface area contributed by atoms with E-state index in [-0.39, 0.29) is 0 Å². The summed E-state index contributed by atoms with van der Waals surface area (Å²) in [5, 5.41) is 0. The number of rotatable bonds is 7. The minimum absolute atomic E-state index is 0.789. The molecule has 2 rings (SSSR count). The quantitative estimate of drug-likeness (QED) is 0.814. The second-order valence-electron chi connectivity index (χ2n) is 5.72. The van der Waals surface area contributed by atoms with Crippen LogP contribution in [0.1, 0.15) is 50.2 Å². The molecule has 0 saturated heterocycles. The molecule has 0 amide bonds. The van der Waals surface area contributed by atoms with E-state index >= 15 is 0 Å². The van der Waals surface area contributed by atoms with Crippen molar-refractivity contribution in [2.75, 3.05) is 13.1 Å². The van der Waals surface area contributed by atoms with Gasteiger partial charge in [-0.25, -0.2) is 0 Å². The average molecular weight is 260 g/mol. The van der Waals surface area contributed by atoms with Gasteiger partial charge in [0.2, 0.25) is 0 Å². The number of hydrogen-bond donors (Lipinski definition) is 1. The third-order valence-corrected chi connectivity index (χ3v) is 4.31. The molecule has 0 spiro atoms. The fraction of sp³-hybridized carbons (Fsp3) is 0.647. The van der Waals surface area contributed by atoms with E-state index in [4.69, 9.17) is 5.73 Å². The summed E-state index contributed by atoms with van der Waals surface area (Å²) in [6.45, 7) is 5.25. The van der Waals surface area contributed by atoms with Gasteiger partial charge in [-0.3, -0.25) is 4.90 Å². The molecule has 1 aromatic carbocycles. The Morgan fingerprint density at radius 2 is 1.74 bits per heavy atom. The maximum absolute atomic E-state index is 5.68. The Kier molecular flexibility index (Phi) is 5.87. The Morgan fingerprint density at radius 3 is 2.32 bits per heavy atom. The van der Waals surface area contributed by atoms with Crippen LogP contribution in [0, 0.1) is 0 Å². The van der Waals surface area contributed by atoms with Gasteiger partial charge in [-0.2, -0.15) is 0 Å². The van der Waals surface area contributed by atoms with Crippen LogP contribution in [0.15, 0.2) is 24.3 Å². The third-order valence-electron chi connectivity index (χ3n) is 4.31. The van der Waals surface area contributed by atoms with Crippen molar-refractivity contribution in [2.24, 2.45) is 5.73 Å². The molecule has 2 N–H and O–H groups in total. The third kappa shape index (κ3) is 4.32. The summed E-state index contributed by atoms with van der Waals surface area (Å²) < 4.78 is 0. The topological polar surface area (TPSA) is 29.3 Å². The van der Waals surface area contributed by atoms with Gasteiger partial charge < -0.3 is 5.73 Å². The number of nitrogens with zero attached hydrogens (tertiary/aromatic N) is 1. The van der Waals surface area contributed by atoms with Gasteiger partial charge in [0.1, 0.15) is 0 Å². The highest BCUT2D eigenvalue weighted by Crippen LogP contribution is 2.25. The number of hydrogen-bond acceptors (Lipinski definition) is 2. The second kappa shape index (κ2) is 7.66. The molecular formula is C17H28N2. The molecule has 19 heavy (non-hydrogen) atoms. The molecular weight excluding hydrogens is 232 g/mol. The van der Waals surface area contributed by atoms with Crippen LogP contribution in [0.25, 0.3) is 0 Å². The molecule has 0 heterocycles. The number of nitrogens with two attached hydrogens (primary N) is 1. The monoisotopic (exact) mass is 260 g/mol. The highest BCUT2D eigenvalue weighted by molar-refractivity contribution is 5.22. The molecule has 1 aliphatic rings. The van der Waals surface area contributed by atoms with Crippen LogP contribution in [0.4, 0.5) is 0 Å². The summed E-state index contributed by atoms with van der Waals surface area (Å²) in [6, 6.07) is 9.92. The highest BCUT2D eigenvalue weighted by Gasteiger charge is 2.22. The minimum atomic E-state index is 0.789. The van der Waals surface area contributed by atoms with Gasteiger partial charge in [-0.05, 0) is 49.9 Å². The highest BCUT2D eigenvalue weighted by atomic mass is 15.2. The first-order chi connectivity index (χ1) is 9.33. The predicted octanol–water partition coefficient (Wildman–Crippen LogP) is 3.34. The molecule has 106 valence electrons. The van der Waals surface area contributed by atoms with Crippen molar-refractivity contribution in [1.29, 1.82) is 0 Å². The van der Waals surface area contributed by atoms with E-state index in [9.17, 15) is 0 Å². The molecule has 2 nitrogen and oxygen atoms in total. The predicted molar refractivity (Wildman–Crippen MR) is 82.2 cm³/mol. The van der Waals surface area contributed by atoms with E-state index in [0.717, 1.165) is 38.5 Å². The Bertz CT molecular complexity index is 352. The van der Waals surface area contributed by atoms with Crippen LogP contribution < -0.4 is 5.73 Å². The van der Waals surface area contributed by atoms with Crippen LogP contribution in [0.2, 0.25) is 0 Å². The summed E-state index contributed by atoms with van der Waals surface area (Å²) >= 11 is 0. The Hall–Kier alpha value is -0.860. The first-order valence-electron chi connectivity index (χ1n) is 7.85. The first kappa shape index (κ1) is 14.5. The van der Waals surface area contributed by atoms with Gasteiger partial charge in [-0.15, -0.1) is 0 Å². The van der Waals surface area contributed by atoms with Crippen molar-refractivity contribution < 1.29 is 0 Å². The van der Waals surface area contributed by atoms with Crippen molar-refractivity contribution in [1.82, 2.24) is 4.90 Å². The molecule has 1 aliphatic carbocycles. The first-order valence-corrected chi connectivity index (χ1v) is 7.85. The Morgan fingerprint density at radius 1 is 1.11 bits per heavy atom. The molecule has 0 aliphatic heterocycles. The lowest BCUT2D eigenvalue weighted by Gasteiger charge is -2.28. The van der Waals surface area contributed by atoms with Crippen LogP contribution in [0.3, 0.4) is 0 Å². The smallest absolute Gasteiger partial charge is 0.0236 e. The van der Waals surface area contributed by atoms with Crippen molar-refractivity contribution in [2.45, 2.75) is 58.0 Å². The Labute approximate surface area is 118 Å². The Balaban J connectivity index is 1.96. The zero-order chi connectivity index (χ0) is 13.5. The average Bonchev–Trinajstić information content (AvgIpc) is 2.98. The zero-order valence-corrected chi connectivity index (χ0v) is 12.3. The van der Waals surface area contributed by atoms with Gasteiger partial charge in [0.05, 0.1) is 0 Å². The van der Waals surface area contributed by atoms with Gasteiger partial charge in [-0.1, -0.05) is 44.0 Å². The van der Waals surface area contributed by atoms with E-state index in [1.807, 2.05) is 0 Å². The van der Waals surface area contributed by atoms with Crippen molar-refractivity contribution in [3.05, 3.63) is 35.4 Å². The van der Waals surface area contributed by atoms with Gasteiger partial charge in [0, 0.05) is 12.6 Å². The maximum atomic E-state index is 5.68. The summed E-state index contributed by atoms with van der Waals surface area (Å²) in [7, 11) is 0. The molecule has 0 bridgehead atoms. The van der Waals surface area contributed by atoms with Crippen molar-refractivity contribution >= 4 is 0 Å². The van der Waals surface area contributed by atoms with Crippen LogP contribution >= 0.6 is 0 Å². The summed E-state index contributed by atoms with van der Waals surface area (Å²) in [5.41, 5.74) is 8.55. The summed E-state index contributed by atoms with van der Waals surface area (Å²) in [6.07, 6.45) is 7.79. The standard InChI is InChI=1S/C17H28N2/c1-2-15-8-10-16(11-9-15)14-19(13-5-12-18)17-6-3-4-7-17/h8-11,17H,2-7,12-14,18H2,1H3. The molecule has 0 unspecified atom stereocenters. The maximum Gasteiger partial charge on any atom is 0.0236 e. The van der Waals surface area contributed by atoms with Crippen LogP contribution in [0.5, 0.6) is 0 Å². The molecule has 1 fully saturated rings. The molecule has 0 atom stereocenters. The minimum Gasteiger partial charge on any atom is -0.330 e. The molecule has 0 aromatic heterocycles. The van der Waals surface area contributed by atoms with E-state index in [1.54, 1.807) is 0 Å². The van der Waals surface area contributed by atoms with E-state index < -0.39 is 0 Å². The molecule has 2 heteroatoms. The normalized spacial score (nSPS) is 16.4. The molecule has 1 saturated carbocycles. The lowest BCUT2D eigenvalue weighted by molar-refractivity contribution is 0.188. The van der Waals surface area contributed by atoms with E-state index in [2.05, 4.69) is 36.1 Å².